The van der Waals surface area contributed by atoms with Crippen molar-refractivity contribution in [2.24, 2.45) is 0 Å². The van der Waals surface area contributed by atoms with Crippen molar-refractivity contribution in [3.8, 4) is 0 Å². The molecule has 12 heavy (non-hydrogen) atoms. The van der Waals surface area contributed by atoms with E-state index < -0.39 is 0 Å². The highest BCUT2D eigenvalue weighted by Crippen LogP contribution is 2.16. The van der Waals surface area contributed by atoms with E-state index in [1.54, 1.807) is 18.1 Å². The van der Waals surface area contributed by atoms with Gasteiger partial charge >= 0.3 is 0 Å². The third-order valence-electron chi connectivity index (χ3n) is 1.22. The van der Waals surface area contributed by atoms with Gasteiger partial charge in [0.05, 0.1) is 0 Å². The van der Waals surface area contributed by atoms with Crippen molar-refractivity contribution in [3.05, 3.63) is 6.33 Å². The molecule has 0 aliphatic rings. The molecule has 1 aromatic rings. The third-order valence-corrected chi connectivity index (χ3v) is 3.02. The maximum atomic E-state index is 4.08. The zero-order valence-electron chi connectivity index (χ0n) is 7.28. The van der Waals surface area contributed by atoms with Crippen LogP contribution in [0.4, 0.5) is 0 Å². The normalized spacial score (nSPS) is 10.9. The van der Waals surface area contributed by atoms with Gasteiger partial charge in [-0.2, -0.15) is 4.37 Å². The first-order valence-electron chi connectivity index (χ1n) is 3.92. The van der Waals surface area contributed by atoms with E-state index in [-0.39, 0.29) is 0 Å². The Morgan fingerprint density at radius 3 is 3.08 bits per heavy atom. The van der Waals surface area contributed by atoms with Crippen molar-refractivity contribution in [2.45, 2.75) is 24.2 Å². The second kappa shape index (κ2) is 5.50. The summed E-state index contributed by atoms with van der Waals surface area (Å²) in [4.78, 5) is 4.08. The topological polar surface area (TPSA) is 37.8 Å². The number of hydrogen-bond acceptors (Lipinski definition) is 5. The van der Waals surface area contributed by atoms with Gasteiger partial charge in [0.1, 0.15) is 6.33 Å². The number of rotatable bonds is 5. The molecule has 0 radical (unpaired) electrons. The van der Waals surface area contributed by atoms with Gasteiger partial charge in [0, 0.05) is 18.3 Å². The molecule has 0 saturated heterocycles. The first-order valence-corrected chi connectivity index (χ1v) is 5.68. The van der Waals surface area contributed by atoms with Gasteiger partial charge in [0.2, 0.25) is 0 Å². The van der Waals surface area contributed by atoms with Gasteiger partial charge in [-0.3, -0.25) is 0 Å². The summed E-state index contributed by atoms with van der Waals surface area (Å²) in [6, 6.07) is 0.569. The number of nitrogens with zero attached hydrogens (tertiary/aromatic N) is 2. The van der Waals surface area contributed by atoms with Crippen molar-refractivity contribution >= 4 is 23.3 Å². The molecule has 0 bridgehead atoms. The van der Waals surface area contributed by atoms with Crippen LogP contribution in [-0.2, 0) is 0 Å². The Balaban J connectivity index is 2.04. The summed E-state index contributed by atoms with van der Waals surface area (Å²) in [6.07, 6.45) is 1.60. The minimum absolute atomic E-state index is 0.569. The fourth-order valence-corrected chi connectivity index (χ4v) is 2.10. The summed E-state index contributed by atoms with van der Waals surface area (Å²) in [7, 11) is 0. The van der Waals surface area contributed by atoms with Gasteiger partial charge in [0.25, 0.3) is 0 Å². The summed E-state index contributed by atoms with van der Waals surface area (Å²) in [5.41, 5.74) is 0. The molecule has 1 heterocycles. The summed E-state index contributed by atoms with van der Waals surface area (Å²) >= 11 is 3.21. The third kappa shape index (κ3) is 4.04. The van der Waals surface area contributed by atoms with E-state index in [1.165, 1.54) is 11.5 Å². The van der Waals surface area contributed by atoms with Crippen LogP contribution >= 0.6 is 23.3 Å². The molecule has 3 nitrogen and oxygen atoms in total. The van der Waals surface area contributed by atoms with E-state index in [0.717, 1.165) is 16.6 Å². The Labute approximate surface area is 81.1 Å². The lowest BCUT2D eigenvalue weighted by Gasteiger charge is -2.05. The Morgan fingerprint density at radius 2 is 2.50 bits per heavy atom. The smallest absolute Gasteiger partial charge is 0.169 e. The summed E-state index contributed by atoms with van der Waals surface area (Å²) in [6.45, 7) is 5.33. The molecular weight excluding hydrogens is 190 g/mol. The average Bonchev–Trinajstić information content (AvgIpc) is 2.49. The fourth-order valence-electron chi connectivity index (χ4n) is 0.712. The predicted molar refractivity (Wildman–Crippen MR) is 53.8 cm³/mol. The van der Waals surface area contributed by atoms with Gasteiger partial charge in [0.15, 0.2) is 4.34 Å². The van der Waals surface area contributed by atoms with Crippen molar-refractivity contribution in [3.63, 3.8) is 0 Å². The maximum Gasteiger partial charge on any atom is 0.169 e. The van der Waals surface area contributed by atoms with Crippen LogP contribution in [0.2, 0.25) is 0 Å². The second-order valence-electron chi connectivity index (χ2n) is 2.66. The van der Waals surface area contributed by atoms with Crippen molar-refractivity contribution < 1.29 is 0 Å². The first kappa shape index (κ1) is 9.95. The van der Waals surface area contributed by atoms with Gasteiger partial charge < -0.3 is 5.32 Å². The van der Waals surface area contributed by atoms with Gasteiger partial charge in [-0.1, -0.05) is 25.6 Å². The number of hydrogen-bond donors (Lipinski definition) is 1. The van der Waals surface area contributed by atoms with Gasteiger partial charge in [-0.25, -0.2) is 4.98 Å². The van der Waals surface area contributed by atoms with E-state index in [1.807, 2.05) is 0 Å². The van der Waals surface area contributed by atoms with Crippen LogP contribution in [-0.4, -0.2) is 27.7 Å². The Hall–Kier alpha value is -0.130. The first-order chi connectivity index (χ1) is 5.79. The van der Waals surface area contributed by atoms with Gasteiger partial charge in [-0.05, 0) is 11.5 Å². The zero-order chi connectivity index (χ0) is 8.81. The molecule has 0 fully saturated rings. The highest BCUT2D eigenvalue weighted by molar-refractivity contribution is 8.00. The maximum absolute atomic E-state index is 4.08. The number of nitrogens with one attached hydrogen (secondary N) is 1. The average molecular weight is 203 g/mol. The molecule has 68 valence electrons. The number of thioether (sulfide) groups is 1. The molecule has 0 aliphatic heterocycles. The van der Waals surface area contributed by atoms with E-state index in [0.29, 0.717) is 6.04 Å². The van der Waals surface area contributed by atoms with E-state index in [2.05, 4.69) is 28.5 Å². The minimum atomic E-state index is 0.569. The Bertz CT molecular complexity index is 198. The molecule has 0 saturated carbocycles. The zero-order valence-corrected chi connectivity index (χ0v) is 8.91. The van der Waals surface area contributed by atoms with Crippen LogP contribution in [0.15, 0.2) is 10.7 Å². The molecule has 5 heteroatoms. The highest BCUT2D eigenvalue weighted by Gasteiger charge is 1.97. The predicted octanol–water partition coefficient (Wildman–Crippen LogP) is 1.63. The molecule has 0 spiro atoms. The molecule has 1 rings (SSSR count). The lowest BCUT2D eigenvalue weighted by atomic mass is 10.4. The molecular formula is C7H13N3S2. The monoisotopic (exact) mass is 203 g/mol. The summed E-state index contributed by atoms with van der Waals surface area (Å²) < 4.78 is 4.98. The minimum Gasteiger partial charge on any atom is -0.314 e. The Kier molecular flexibility index (Phi) is 4.57. The summed E-state index contributed by atoms with van der Waals surface area (Å²) in [5, 5.41) is 3.34. The van der Waals surface area contributed by atoms with Crippen LogP contribution < -0.4 is 5.32 Å². The molecule has 0 aromatic carbocycles. The van der Waals surface area contributed by atoms with E-state index >= 15 is 0 Å². The SMILES string of the molecule is CC(C)NCCSc1ncns1. The largest absolute Gasteiger partial charge is 0.314 e. The van der Waals surface area contributed by atoms with Crippen molar-refractivity contribution in [1.29, 1.82) is 0 Å². The molecule has 0 amide bonds. The molecule has 1 aromatic heterocycles. The quantitative estimate of drug-likeness (QED) is 0.583. The lowest BCUT2D eigenvalue weighted by Crippen LogP contribution is -2.24. The molecule has 0 aliphatic carbocycles. The molecule has 0 unspecified atom stereocenters. The van der Waals surface area contributed by atoms with E-state index in [4.69, 9.17) is 0 Å². The van der Waals surface area contributed by atoms with Crippen molar-refractivity contribution in [1.82, 2.24) is 14.7 Å². The van der Waals surface area contributed by atoms with Crippen LogP contribution in [0.1, 0.15) is 13.8 Å². The van der Waals surface area contributed by atoms with Crippen molar-refractivity contribution in [2.75, 3.05) is 12.3 Å². The second-order valence-corrected chi connectivity index (χ2v) is 4.79. The van der Waals surface area contributed by atoms with E-state index in [9.17, 15) is 0 Å². The Morgan fingerprint density at radius 1 is 1.67 bits per heavy atom. The van der Waals surface area contributed by atoms with Crippen LogP contribution in [0, 0.1) is 0 Å². The fraction of sp³-hybridized carbons (Fsp3) is 0.714. The van der Waals surface area contributed by atoms with Crippen LogP contribution in [0.25, 0.3) is 0 Å². The summed E-state index contributed by atoms with van der Waals surface area (Å²) in [5.74, 6) is 1.06. The van der Waals surface area contributed by atoms with Gasteiger partial charge in [-0.15, -0.1) is 0 Å². The highest BCUT2D eigenvalue weighted by atomic mass is 32.2. The van der Waals surface area contributed by atoms with Crippen LogP contribution in [0.3, 0.4) is 0 Å². The molecule has 0 atom stereocenters. The standard InChI is InChI=1S/C7H13N3S2/c1-6(2)8-3-4-11-7-9-5-10-12-7/h5-6,8H,3-4H2,1-2H3. The number of aromatic nitrogens is 2. The van der Waals surface area contributed by atoms with Crippen LogP contribution in [0.5, 0.6) is 0 Å². The lowest BCUT2D eigenvalue weighted by molar-refractivity contribution is 0.616. The molecule has 1 N–H and O–H groups in total.